The molecule has 0 spiro atoms. The lowest BCUT2D eigenvalue weighted by atomic mass is 10.0. The number of hydrogen-bond acceptors (Lipinski definition) is 3. The summed E-state index contributed by atoms with van der Waals surface area (Å²) >= 11 is 12.3. The lowest BCUT2D eigenvalue weighted by Crippen LogP contribution is -1.97. The van der Waals surface area contributed by atoms with Gasteiger partial charge in [0.25, 0.3) is 0 Å². The number of ether oxygens (including phenoxy) is 1. The van der Waals surface area contributed by atoms with E-state index in [4.69, 9.17) is 27.9 Å². The lowest BCUT2D eigenvalue weighted by molar-refractivity contribution is 0.414. The van der Waals surface area contributed by atoms with Gasteiger partial charge in [-0.15, -0.1) is 0 Å². The largest absolute Gasteiger partial charge is 0.497 e. The second-order valence-electron chi connectivity index (χ2n) is 4.08. The Balaban J connectivity index is 2.58. The lowest BCUT2D eigenvalue weighted by Gasteiger charge is -2.11. The van der Waals surface area contributed by atoms with Gasteiger partial charge in [0.15, 0.2) is 0 Å². The van der Waals surface area contributed by atoms with Crippen molar-refractivity contribution in [1.82, 2.24) is 4.98 Å². The molecule has 1 N–H and O–H groups in total. The highest BCUT2D eigenvalue weighted by Crippen LogP contribution is 2.34. The summed E-state index contributed by atoms with van der Waals surface area (Å²) in [6.45, 7) is 1.99. The highest BCUT2D eigenvalue weighted by atomic mass is 35.5. The van der Waals surface area contributed by atoms with Crippen LogP contribution >= 0.6 is 23.2 Å². The van der Waals surface area contributed by atoms with Gasteiger partial charge in [-0.3, -0.25) is 0 Å². The van der Waals surface area contributed by atoms with Gasteiger partial charge in [-0.1, -0.05) is 23.2 Å². The van der Waals surface area contributed by atoms with E-state index in [0.29, 0.717) is 21.6 Å². The minimum absolute atomic E-state index is 0.502. The fourth-order valence-corrected chi connectivity index (χ4v) is 2.41. The van der Waals surface area contributed by atoms with E-state index in [1.165, 1.54) is 0 Å². The molecule has 3 nitrogen and oxygen atoms in total. The van der Waals surface area contributed by atoms with Gasteiger partial charge >= 0.3 is 0 Å². The number of aryl methyl sites for hydroxylation is 1. The van der Waals surface area contributed by atoms with Crippen LogP contribution in [0.5, 0.6) is 5.75 Å². The molecule has 0 unspecified atom stereocenters. The third-order valence-electron chi connectivity index (χ3n) is 2.85. The first kappa shape index (κ1) is 14.0. The van der Waals surface area contributed by atoms with Gasteiger partial charge in [0, 0.05) is 12.6 Å². The summed E-state index contributed by atoms with van der Waals surface area (Å²) in [5.74, 6) is 1.41. The van der Waals surface area contributed by atoms with Crippen molar-refractivity contribution in [3.8, 4) is 17.0 Å². The number of benzene rings is 1. The van der Waals surface area contributed by atoms with Crippen LogP contribution in [0, 0.1) is 6.92 Å². The van der Waals surface area contributed by atoms with Crippen LogP contribution in [0.25, 0.3) is 11.3 Å². The van der Waals surface area contributed by atoms with Gasteiger partial charge in [0.1, 0.15) is 11.6 Å². The zero-order chi connectivity index (χ0) is 14.0. The molecule has 2 rings (SSSR count). The number of rotatable bonds is 3. The van der Waals surface area contributed by atoms with Crippen molar-refractivity contribution in [2.75, 3.05) is 19.5 Å². The van der Waals surface area contributed by atoms with Gasteiger partial charge in [-0.05, 0) is 36.8 Å². The van der Waals surface area contributed by atoms with E-state index >= 15 is 0 Å². The quantitative estimate of drug-likeness (QED) is 0.911. The van der Waals surface area contributed by atoms with E-state index in [0.717, 1.165) is 16.9 Å². The number of anilines is 1. The Kier molecular flexibility index (Phi) is 4.17. The average Bonchev–Trinajstić information content (AvgIpc) is 2.39. The number of pyridine rings is 1. The smallest absolute Gasteiger partial charge is 0.145 e. The predicted molar refractivity (Wildman–Crippen MR) is 80.5 cm³/mol. The van der Waals surface area contributed by atoms with Crippen LogP contribution < -0.4 is 10.1 Å². The summed E-state index contributed by atoms with van der Waals surface area (Å²) in [4.78, 5) is 4.46. The molecule has 19 heavy (non-hydrogen) atoms. The van der Waals surface area contributed by atoms with Crippen LogP contribution in [0.1, 0.15) is 5.56 Å². The van der Waals surface area contributed by atoms with Gasteiger partial charge in [-0.2, -0.15) is 0 Å². The summed E-state index contributed by atoms with van der Waals surface area (Å²) in [6.07, 6.45) is 0. The van der Waals surface area contributed by atoms with Crippen LogP contribution in [-0.4, -0.2) is 19.1 Å². The molecule has 0 aliphatic heterocycles. The average molecular weight is 297 g/mol. The molecule has 0 saturated carbocycles. The summed E-state index contributed by atoms with van der Waals surface area (Å²) in [7, 11) is 3.41. The molecule has 5 heteroatoms. The maximum atomic E-state index is 6.23. The third-order valence-corrected chi connectivity index (χ3v) is 3.43. The van der Waals surface area contributed by atoms with Gasteiger partial charge < -0.3 is 10.1 Å². The van der Waals surface area contributed by atoms with E-state index < -0.39 is 0 Å². The SMILES string of the molecule is CNc1nc(-c2ccc(OC)cc2C)c(Cl)cc1Cl. The zero-order valence-electron chi connectivity index (χ0n) is 10.9. The highest BCUT2D eigenvalue weighted by molar-refractivity contribution is 6.37. The van der Waals surface area contributed by atoms with Crippen molar-refractivity contribution in [1.29, 1.82) is 0 Å². The first-order valence-electron chi connectivity index (χ1n) is 5.75. The third kappa shape index (κ3) is 2.77. The van der Waals surface area contributed by atoms with Gasteiger partial charge in [-0.25, -0.2) is 4.98 Å². The Labute approximate surface area is 122 Å². The van der Waals surface area contributed by atoms with E-state index in [-0.39, 0.29) is 0 Å². The number of aromatic nitrogens is 1. The Morgan fingerprint density at radius 1 is 1.16 bits per heavy atom. The van der Waals surface area contributed by atoms with Crippen molar-refractivity contribution in [2.45, 2.75) is 6.92 Å². The fourth-order valence-electron chi connectivity index (χ4n) is 1.86. The second-order valence-corrected chi connectivity index (χ2v) is 4.89. The molecule has 0 saturated heterocycles. The maximum absolute atomic E-state index is 6.23. The molecule has 0 bridgehead atoms. The van der Waals surface area contributed by atoms with E-state index in [9.17, 15) is 0 Å². The standard InChI is InChI=1S/C14H14Cl2N2O/c1-8-6-9(19-3)4-5-10(8)13-11(15)7-12(16)14(17-2)18-13/h4-7H,1-3H3,(H,17,18). The van der Waals surface area contributed by atoms with Crippen molar-refractivity contribution < 1.29 is 4.74 Å². The number of nitrogens with zero attached hydrogens (tertiary/aromatic N) is 1. The number of hydrogen-bond donors (Lipinski definition) is 1. The van der Waals surface area contributed by atoms with Crippen molar-refractivity contribution in [3.63, 3.8) is 0 Å². The minimum Gasteiger partial charge on any atom is -0.497 e. The number of methoxy groups -OCH3 is 1. The molecule has 100 valence electrons. The Morgan fingerprint density at radius 2 is 1.89 bits per heavy atom. The maximum Gasteiger partial charge on any atom is 0.145 e. The monoisotopic (exact) mass is 296 g/mol. The van der Waals surface area contributed by atoms with Crippen LogP contribution in [0.2, 0.25) is 10.0 Å². The normalized spacial score (nSPS) is 10.4. The zero-order valence-corrected chi connectivity index (χ0v) is 12.4. The molecule has 2 aromatic rings. The predicted octanol–water partition coefficient (Wildman–Crippen LogP) is 4.41. The van der Waals surface area contributed by atoms with Crippen LogP contribution in [0.15, 0.2) is 24.3 Å². The van der Waals surface area contributed by atoms with Gasteiger partial charge in [0.05, 0.1) is 22.8 Å². The second kappa shape index (κ2) is 5.68. The topological polar surface area (TPSA) is 34.2 Å². The summed E-state index contributed by atoms with van der Waals surface area (Å²) < 4.78 is 5.19. The van der Waals surface area contributed by atoms with Crippen molar-refractivity contribution in [2.24, 2.45) is 0 Å². The molecule has 0 amide bonds. The van der Waals surface area contributed by atoms with E-state index in [2.05, 4.69) is 10.3 Å². The van der Waals surface area contributed by atoms with Gasteiger partial charge in [0.2, 0.25) is 0 Å². The first-order chi connectivity index (χ1) is 9.06. The van der Waals surface area contributed by atoms with Crippen molar-refractivity contribution >= 4 is 29.0 Å². The first-order valence-corrected chi connectivity index (χ1v) is 6.51. The summed E-state index contributed by atoms with van der Waals surface area (Å²) in [6, 6.07) is 7.46. The summed E-state index contributed by atoms with van der Waals surface area (Å²) in [5, 5.41) is 3.98. The van der Waals surface area contributed by atoms with Crippen molar-refractivity contribution in [3.05, 3.63) is 39.9 Å². The van der Waals surface area contributed by atoms with Crippen LogP contribution in [0.3, 0.4) is 0 Å². The van der Waals surface area contributed by atoms with E-state index in [1.54, 1.807) is 20.2 Å². The molecule has 1 heterocycles. The molecule has 0 radical (unpaired) electrons. The molecule has 0 fully saturated rings. The summed E-state index contributed by atoms with van der Waals surface area (Å²) in [5.41, 5.74) is 2.70. The molecule has 0 aliphatic carbocycles. The van der Waals surface area contributed by atoms with E-state index in [1.807, 2.05) is 25.1 Å². The Bertz CT molecular complexity index is 615. The van der Waals surface area contributed by atoms with Crippen LogP contribution in [0.4, 0.5) is 5.82 Å². The Hall–Kier alpha value is -1.45. The minimum atomic E-state index is 0.502. The molecule has 1 aromatic carbocycles. The molecule has 0 aliphatic rings. The van der Waals surface area contributed by atoms with Crippen LogP contribution in [-0.2, 0) is 0 Å². The number of nitrogens with one attached hydrogen (secondary N) is 1. The fraction of sp³-hybridized carbons (Fsp3) is 0.214. The molecule has 0 atom stereocenters. The molecule has 1 aromatic heterocycles. The Morgan fingerprint density at radius 3 is 2.47 bits per heavy atom. The molecular weight excluding hydrogens is 283 g/mol. The number of halogens is 2. The highest BCUT2D eigenvalue weighted by Gasteiger charge is 2.12. The molecular formula is C14H14Cl2N2O.